The van der Waals surface area contributed by atoms with E-state index in [1.807, 2.05) is 0 Å². The Hall–Kier alpha value is -4.32. The summed E-state index contributed by atoms with van der Waals surface area (Å²) in [6.07, 6.45) is -6.42. The second kappa shape index (κ2) is 11.8. The number of nitrogens with zero attached hydrogens (tertiary/aromatic N) is 4. The highest BCUT2D eigenvalue weighted by atomic mass is 35.5. The van der Waals surface area contributed by atoms with Gasteiger partial charge in [-0.1, -0.05) is 36.4 Å². The molecule has 226 valence electrons. The van der Waals surface area contributed by atoms with Gasteiger partial charge in [-0.2, -0.15) is 31.6 Å². The van der Waals surface area contributed by atoms with Crippen molar-refractivity contribution in [2.45, 2.75) is 30.0 Å². The van der Waals surface area contributed by atoms with Crippen LogP contribution in [0.25, 0.3) is 11.2 Å². The fourth-order valence-electron chi connectivity index (χ4n) is 4.19. The minimum Gasteiger partial charge on any atom is -0.459 e. The highest BCUT2D eigenvalue weighted by molar-refractivity contribution is 7.87. The molecule has 1 fully saturated rings. The van der Waals surface area contributed by atoms with Crippen LogP contribution < -0.4 is 5.73 Å². The number of benzene rings is 2. The fourth-order valence-corrected chi connectivity index (χ4v) is 4.97. The first-order chi connectivity index (χ1) is 20.4. The maximum atomic E-state index is 13.5. The number of nitrogen functional groups attached to an aromatic ring is 1. The summed E-state index contributed by atoms with van der Waals surface area (Å²) in [4.78, 5) is 37.4. The van der Waals surface area contributed by atoms with Crippen molar-refractivity contribution < 1.29 is 49.6 Å². The molecule has 0 amide bonds. The van der Waals surface area contributed by atoms with Crippen LogP contribution in [0.4, 0.5) is 19.0 Å². The molecule has 18 heteroatoms. The minimum atomic E-state index is -6.30. The van der Waals surface area contributed by atoms with Crippen molar-refractivity contribution in [1.29, 1.82) is 0 Å². The van der Waals surface area contributed by atoms with E-state index in [1.165, 1.54) is 36.4 Å². The van der Waals surface area contributed by atoms with Crippen molar-refractivity contribution in [3.8, 4) is 0 Å². The topological polar surface area (TPSA) is 175 Å². The van der Waals surface area contributed by atoms with Gasteiger partial charge in [0.05, 0.1) is 17.5 Å². The second-order valence-corrected chi connectivity index (χ2v) is 10.8. The summed E-state index contributed by atoms with van der Waals surface area (Å²) in [6, 6.07) is 15.0. The molecule has 1 unspecified atom stereocenters. The average Bonchev–Trinajstić information content (AvgIpc) is 3.53. The molecule has 3 heterocycles. The van der Waals surface area contributed by atoms with Gasteiger partial charge in [0.15, 0.2) is 29.9 Å². The van der Waals surface area contributed by atoms with E-state index in [2.05, 4.69) is 19.1 Å². The molecule has 0 aliphatic carbocycles. The lowest BCUT2D eigenvalue weighted by Gasteiger charge is -2.25. The SMILES string of the molecule is Nc1nc(Cl)nc2c1ncn2[C@@H]1O[C@H](COC(=O)c2ccccc2)C(OC(=O)c2ccccc2)[C@@H]1OS(=O)(=O)C(F)(F)F. The van der Waals surface area contributed by atoms with Crippen LogP contribution in [-0.2, 0) is 28.5 Å². The van der Waals surface area contributed by atoms with Crippen molar-refractivity contribution in [2.75, 3.05) is 12.3 Å². The Balaban J connectivity index is 1.57. The molecule has 43 heavy (non-hydrogen) atoms. The van der Waals surface area contributed by atoms with Gasteiger partial charge in [-0.15, -0.1) is 0 Å². The van der Waals surface area contributed by atoms with E-state index in [1.54, 1.807) is 24.3 Å². The van der Waals surface area contributed by atoms with Crippen LogP contribution in [0.5, 0.6) is 0 Å². The van der Waals surface area contributed by atoms with E-state index >= 15 is 0 Å². The molecule has 13 nitrogen and oxygen atoms in total. The highest BCUT2D eigenvalue weighted by Crippen LogP contribution is 2.39. The summed E-state index contributed by atoms with van der Waals surface area (Å²) < 4.78 is 87.2. The number of carbonyl (C=O) groups excluding carboxylic acids is 2. The molecule has 1 aliphatic heterocycles. The molecule has 4 atom stereocenters. The lowest BCUT2D eigenvalue weighted by Crippen LogP contribution is -2.43. The van der Waals surface area contributed by atoms with Crippen molar-refractivity contribution in [1.82, 2.24) is 19.5 Å². The third-order valence-corrected chi connectivity index (χ3v) is 7.35. The Morgan fingerprint density at radius 3 is 2.19 bits per heavy atom. The molecular weight excluding hydrogens is 623 g/mol. The predicted octanol–water partition coefficient (Wildman–Crippen LogP) is 3.28. The maximum Gasteiger partial charge on any atom is 0.523 e. The fraction of sp³-hybridized carbons (Fsp3) is 0.240. The van der Waals surface area contributed by atoms with Gasteiger partial charge in [-0.05, 0) is 35.9 Å². The Bertz CT molecular complexity index is 1760. The number of hydrogen-bond acceptors (Lipinski definition) is 12. The van der Waals surface area contributed by atoms with E-state index in [4.69, 9.17) is 31.5 Å². The Labute approximate surface area is 245 Å². The molecule has 1 saturated heterocycles. The standard InChI is InChI=1S/C25H19ClF3N5O8S/c26-24-32-19(30)16-20(33-24)34(12-31-16)21-18(42-43(37,38)25(27,28)29)17(41-23(36)14-9-5-2-6-10-14)15(40-21)11-39-22(35)13-7-3-1-4-8-13/h1-10,12,15,17-18,21H,11H2,(H2,30,32,33)/t15-,17?,18+,21-/m1/s1. The Morgan fingerprint density at radius 1 is 0.977 bits per heavy atom. The molecule has 2 aromatic carbocycles. The van der Waals surface area contributed by atoms with E-state index < -0.39 is 58.7 Å². The lowest BCUT2D eigenvalue weighted by molar-refractivity contribution is -0.0705. The summed E-state index contributed by atoms with van der Waals surface area (Å²) in [7, 11) is -6.30. The number of imidazole rings is 1. The van der Waals surface area contributed by atoms with Gasteiger partial charge in [0.2, 0.25) is 5.28 Å². The number of alkyl halides is 3. The van der Waals surface area contributed by atoms with Gasteiger partial charge in [-0.3, -0.25) is 8.75 Å². The molecule has 4 aromatic rings. The van der Waals surface area contributed by atoms with E-state index in [9.17, 15) is 31.2 Å². The number of nitrogens with two attached hydrogens (primary N) is 1. The minimum absolute atomic E-state index is 0.0243. The first kappa shape index (κ1) is 30.1. The van der Waals surface area contributed by atoms with E-state index in [-0.39, 0.29) is 33.4 Å². The number of hydrogen-bond donors (Lipinski definition) is 1. The third kappa shape index (κ3) is 6.24. The molecule has 2 aromatic heterocycles. The second-order valence-electron chi connectivity index (χ2n) is 8.93. The smallest absolute Gasteiger partial charge is 0.459 e. The zero-order valence-electron chi connectivity index (χ0n) is 21.4. The van der Waals surface area contributed by atoms with Gasteiger partial charge < -0.3 is 19.9 Å². The molecule has 0 saturated carbocycles. The van der Waals surface area contributed by atoms with Crippen molar-refractivity contribution in [3.63, 3.8) is 0 Å². The number of rotatable bonds is 8. The first-order valence-corrected chi connectivity index (χ1v) is 13.9. The summed E-state index contributed by atoms with van der Waals surface area (Å²) in [5, 5.41) is -0.370. The molecule has 0 spiro atoms. The molecule has 0 bridgehead atoms. The number of halogens is 4. The van der Waals surface area contributed by atoms with Gasteiger partial charge >= 0.3 is 27.6 Å². The monoisotopic (exact) mass is 641 g/mol. The maximum absolute atomic E-state index is 13.5. The average molecular weight is 642 g/mol. The zero-order chi connectivity index (χ0) is 30.9. The first-order valence-electron chi connectivity index (χ1n) is 12.1. The van der Waals surface area contributed by atoms with Gasteiger partial charge in [-0.25, -0.2) is 14.6 Å². The van der Waals surface area contributed by atoms with Crippen LogP contribution in [0.3, 0.4) is 0 Å². The zero-order valence-corrected chi connectivity index (χ0v) is 23.0. The van der Waals surface area contributed by atoms with Crippen molar-refractivity contribution in [2.24, 2.45) is 0 Å². The molecule has 1 aliphatic rings. The lowest BCUT2D eigenvalue weighted by atomic mass is 10.1. The van der Waals surface area contributed by atoms with Crippen LogP contribution in [-0.4, -0.2) is 70.3 Å². The largest absolute Gasteiger partial charge is 0.523 e. The number of carbonyl (C=O) groups is 2. The third-order valence-electron chi connectivity index (χ3n) is 6.14. The Morgan fingerprint density at radius 2 is 1.58 bits per heavy atom. The highest BCUT2D eigenvalue weighted by Gasteiger charge is 2.57. The van der Waals surface area contributed by atoms with Gasteiger partial charge in [0.1, 0.15) is 18.2 Å². The number of anilines is 1. The normalized spacial score (nSPS) is 20.7. The summed E-state index contributed by atoms with van der Waals surface area (Å²) in [6.45, 7) is -0.701. The summed E-state index contributed by atoms with van der Waals surface area (Å²) in [5.74, 6) is -2.11. The van der Waals surface area contributed by atoms with Crippen LogP contribution in [0, 0.1) is 0 Å². The molecule has 5 rings (SSSR count). The van der Waals surface area contributed by atoms with Crippen LogP contribution >= 0.6 is 11.6 Å². The number of fused-ring (bicyclic) bond motifs is 1. The van der Waals surface area contributed by atoms with Crippen LogP contribution in [0.2, 0.25) is 5.28 Å². The quantitative estimate of drug-likeness (QED) is 0.129. The summed E-state index contributed by atoms with van der Waals surface area (Å²) in [5.41, 5.74) is -0.155. The van der Waals surface area contributed by atoms with E-state index in [0.717, 1.165) is 10.9 Å². The summed E-state index contributed by atoms with van der Waals surface area (Å²) >= 11 is 5.91. The molecule has 2 N–H and O–H groups in total. The number of ether oxygens (including phenoxy) is 3. The predicted molar refractivity (Wildman–Crippen MR) is 141 cm³/mol. The van der Waals surface area contributed by atoms with Gasteiger partial charge in [0.25, 0.3) is 0 Å². The van der Waals surface area contributed by atoms with Crippen molar-refractivity contribution >= 4 is 50.6 Å². The number of aromatic nitrogens is 4. The van der Waals surface area contributed by atoms with E-state index in [0.29, 0.717) is 0 Å². The van der Waals surface area contributed by atoms with Crippen LogP contribution in [0.15, 0.2) is 67.0 Å². The van der Waals surface area contributed by atoms with Crippen molar-refractivity contribution in [3.05, 3.63) is 83.4 Å². The number of esters is 2. The molecular formula is C25H19ClF3N5O8S. The van der Waals surface area contributed by atoms with Crippen LogP contribution in [0.1, 0.15) is 26.9 Å². The Kier molecular flexibility index (Phi) is 8.24. The van der Waals surface area contributed by atoms with Gasteiger partial charge in [0, 0.05) is 0 Å². The molecule has 0 radical (unpaired) electrons.